The molecule has 0 bridgehead atoms. The first kappa shape index (κ1) is 14.3. The molecule has 0 atom stereocenters. The summed E-state index contributed by atoms with van der Waals surface area (Å²) in [7, 11) is 0. The van der Waals surface area contributed by atoms with E-state index in [0.717, 1.165) is 31.2 Å². The molecule has 19 heavy (non-hydrogen) atoms. The maximum atomic E-state index is 13.3. The fourth-order valence-corrected chi connectivity index (χ4v) is 2.96. The highest BCUT2D eigenvalue weighted by molar-refractivity contribution is 6.31. The van der Waals surface area contributed by atoms with E-state index < -0.39 is 0 Å². The Morgan fingerprint density at radius 1 is 1.26 bits per heavy atom. The van der Waals surface area contributed by atoms with Crippen LogP contribution in [0.3, 0.4) is 0 Å². The highest BCUT2D eigenvalue weighted by atomic mass is 35.5. The standard InChI is InChI=1S/C16H19ClFN/c1-15(2)5-7-16(11-19,8-6-15)10-12-9-13(18)3-4-14(12)17/h3-4,9H,5-8,10H2,1-2H3. The lowest BCUT2D eigenvalue weighted by molar-refractivity contribution is 0.146. The molecule has 0 aromatic heterocycles. The third kappa shape index (κ3) is 3.28. The average Bonchev–Trinajstić information content (AvgIpc) is 2.37. The second kappa shape index (κ2) is 5.13. The maximum absolute atomic E-state index is 13.3. The number of rotatable bonds is 2. The maximum Gasteiger partial charge on any atom is 0.123 e. The fourth-order valence-electron chi connectivity index (χ4n) is 2.78. The molecule has 0 amide bonds. The lowest BCUT2D eigenvalue weighted by Gasteiger charge is -2.39. The van der Waals surface area contributed by atoms with Gasteiger partial charge in [-0.2, -0.15) is 5.26 Å². The van der Waals surface area contributed by atoms with Crippen LogP contribution in [0.15, 0.2) is 18.2 Å². The second-order valence-electron chi connectivity index (χ2n) is 6.47. The van der Waals surface area contributed by atoms with E-state index in [4.69, 9.17) is 11.6 Å². The van der Waals surface area contributed by atoms with Crippen molar-refractivity contribution in [2.45, 2.75) is 46.0 Å². The van der Waals surface area contributed by atoms with Gasteiger partial charge in [-0.1, -0.05) is 25.4 Å². The summed E-state index contributed by atoms with van der Waals surface area (Å²) in [6.07, 6.45) is 4.35. The van der Waals surface area contributed by atoms with Crippen molar-refractivity contribution >= 4 is 11.6 Å². The molecule has 3 heteroatoms. The lowest BCUT2D eigenvalue weighted by Crippen LogP contribution is -2.32. The highest BCUT2D eigenvalue weighted by Gasteiger charge is 2.38. The minimum Gasteiger partial charge on any atom is -0.207 e. The molecule has 1 fully saturated rings. The van der Waals surface area contributed by atoms with Crippen molar-refractivity contribution in [1.82, 2.24) is 0 Å². The molecule has 1 aromatic carbocycles. The molecule has 0 N–H and O–H groups in total. The Balaban J connectivity index is 2.21. The van der Waals surface area contributed by atoms with Gasteiger partial charge in [0.15, 0.2) is 0 Å². The van der Waals surface area contributed by atoms with Gasteiger partial charge in [0.1, 0.15) is 5.82 Å². The summed E-state index contributed by atoms with van der Waals surface area (Å²) in [5.41, 5.74) is 0.682. The van der Waals surface area contributed by atoms with Crippen LogP contribution in [-0.4, -0.2) is 0 Å². The largest absolute Gasteiger partial charge is 0.207 e. The van der Waals surface area contributed by atoms with Gasteiger partial charge in [0.25, 0.3) is 0 Å². The zero-order valence-corrected chi connectivity index (χ0v) is 12.2. The Morgan fingerprint density at radius 2 is 1.89 bits per heavy atom. The van der Waals surface area contributed by atoms with Gasteiger partial charge in [0.2, 0.25) is 0 Å². The topological polar surface area (TPSA) is 23.8 Å². The van der Waals surface area contributed by atoms with Crippen molar-refractivity contribution in [1.29, 1.82) is 5.26 Å². The SMILES string of the molecule is CC1(C)CCC(C#N)(Cc2cc(F)ccc2Cl)CC1. The lowest BCUT2D eigenvalue weighted by atomic mass is 9.64. The molecule has 102 valence electrons. The summed E-state index contributed by atoms with van der Waals surface area (Å²) in [6.45, 7) is 4.48. The van der Waals surface area contributed by atoms with Gasteiger partial charge in [-0.3, -0.25) is 0 Å². The van der Waals surface area contributed by atoms with Crippen LogP contribution < -0.4 is 0 Å². The molecule has 1 aromatic rings. The number of hydrogen-bond acceptors (Lipinski definition) is 1. The zero-order chi connectivity index (χ0) is 14.1. The Bertz CT molecular complexity index is 506. The van der Waals surface area contributed by atoms with Gasteiger partial charge in [-0.25, -0.2) is 4.39 Å². The summed E-state index contributed by atoms with van der Waals surface area (Å²) in [5.74, 6) is -0.288. The van der Waals surface area contributed by atoms with E-state index in [1.54, 1.807) is 6.07 Å². The van der Waals surface area contributed by atoms with Crippen LogP contribution in [0.1, 0.15) is 45.1 Å². The molecule has 0 heterocycles. The third-order valence-corrected chi connectivity index (χ3v) is 4.70. The smallest absolute Gasteiger partial charge is 0.123 e. The Morgan fingerprint density at radius 3 is 2.47 bits per heavy atom. The van der Waals surface area contributed by atoms with E-state index in [1.165, 1.54) is 12.1 Å². The monoisotopic (exact) mass is 279 g/mol. The Hall–Kier alpha value is -1.07. The number of nitriles is 1. The Labute approximate surface area is 119 Å². The summed E-state index contributed by atoms with van der Waals surface area (Å²) in [4.78, 5) is 0. The Kier molecular flexibility index (Phi) is 3.87. The van der Waals surface area contributed by atoms with E-state index in [0.29, 0.717) is 16.9 Å². The van der Waals surface area contributed by atoms with E-state index >= 15 is 0 Å². The molecule has 1 aliphatic carbocycles. The van der Waals surface area contributed by atoms with Crippen molar-refractivity contribution in [2.75, 3.05) is 0 Å². The van der Waals surface area contributed by atoms with E-state index in [9.17, 15) is 9.65 Å². The normalized spacial score (nSPS) is 20.8. The fraction of sp³-hybridized carbons (Fsp3) is 0.562. The van der Waals surface area contributed by atoms with E-state index in [1.807, 2.05) is 0 Å². The molecular weight excluding hydrogens is 261 g/mol. The van der Waals surface area contributed by atoms with Crippen molar-refractivity contribution in [3.63, 3.8) is 0 Å². The highest BCUT2D eigenvalue weighted by Crippen LogP contribution is 2.46. The van der Waals surface area contributed by atoms with Gasteiger partial charge in [0, 0.05) is 5.02 Å². The van der Waals surface area contributed by atoms with Crippen molar-refractivity contribution in [3.05, 3.63) is 34.6 Å². The van der Waals surface area contributed by atoms with Gasteiger partial charge >= 0.3 is 0 Å². The third-order valence-electron chi connectivity index (χ3n) is 4.33. The number of hydrogen-bond donors (Lipinski definition) is 0. The summed E-state index contributed by atoms with van der Waals surface area (Å²) >= 11 is 6.11. The van der Waals surface area contributed by atoms with Crippen molar-refractivity contribution in [3.8, 4) is 6.07 Å². The quantitative estimate of drug-likeness (QED) is 0.736. The van der Waals surface area contributed by atoms with E-state index in [2.05, 4.69) is 19.9 Å². The molecule has 2 rings (SSSR count). The van der Waals surface area contributed by atoms with Crippen molar-refractivity contribution < 1.29 is 4.39 Å². The van der Waals surface area contributed by atoms with Gasteiger partial charge in [-0.05, 0) is 61.3 Å². The molecule has 0 saturated heterocycles. The van der Waals surface area contributed by atoms with Crippen molar-refractivity contribution in [2.24, 2.45) is 10.8 Å². The first-order chi connectivity index (χ1) is 8.86. The molecule has 1 aliphatic rings. The molecule has 0 aliphatic heterocycles. The van der Waals surface area contributed by atoms with Gasteiger partial charge in [0.05, 0.1) is 11.5 Å². The number of benzene rings is 1. The van der Waals surface area contributed by atoms with Crippen LogP contribution in [0.25, 0.3) is 0 Å². The zero-order valence-electron chi connectivity index (χ0n) is 11.5. The minimum absolute atomic E-state index is 0.288. The average molecular weight is 280 g/mol. The first-order valence-electron chi connectivity index (χ1n) is 6.71. The van der Waals surface area contributed by atoms with Crippen LogP contribution in [-0.2, 0) is 6.42 Å². The van der Waals surface area contributed by atoms with Crippen LogP contribution in [0.5, 0.6) is 0 Å². The van der Waals surface area contributed by atoms with Gasteiger partial charge in [-0.15, -0.1) is 0 Å². The predicted molar refractivity (Wildman–Crippen MR) is 75.4 cm³/mol. The van der Waals surface area contributed by atoms with Crippen LogP contribution >= 0.6 is 11.6 Å². The van der Waals surface area contributed by atoms with Crippen LogP contribution in [0.2, 0.25) is 5.02 Å². The van der Waals surface area contributed by atoms with E-state index in [-0.39, 0.29) is 11.2 Å². The molecule has 0 unspecified atom stereocenters. The summed E-state index contributed by atoms with van der Waals surface area (Å²) < 4.78 is 13.3. The number of nitrogens with zero attached hydrogens (tertiary/aromatic N) is 1. The van der Waals surface area contributed by atoms with Crippen LogP contribution in [0, 0.1) is 28.0 Å². The molecule has 1 saturated carbocycles. The molecular formula is C16H19ClFN. The summed E-state index contributed by atoms with van der Waals surface area (Å²) in [5, 5.41) is 10.1. The second-order valence-corrected chi connectivity index (χ2v) is 6.88. The molecule has 0 radical (unpaired) electrons. The molecule has 1 nitrogen and oxygen atoms in total. The predicted octanol–water partition coefficient (Wildman–Crippen LogP) is 5.13. The minimum atomic E-state index is -0.382. The molecule has 0 spiro atoms. The van der Waals surface area contributed by atoms with Gasteiger partial charge < -0.3 is 0 Å². The number of halogens is 2. The van der Waals surface area contributed by atoms with Crippen LogP contribution in [0.4, 0.5) is 4.39 Å². The summed E-state index contributed by atoms with van der Waals surface area (Å²) in [6, 6.07) is 6.86. The first-order valence-corrected chi connectivity index (χ1v) is 7.09.